The van der Waals surface area contributed by atoms with Crippen LogP contribution in [-0.2, 0) is 0 Å². The van der Waals surface area contributed by atoms with Crippen LogP contribution in [0.4, 0.5) is 5.69 Å². The molecule has 6 heteroatoms. The van der Waals surface area contributed by atoms with Crippen LogP contribution in [0.2, 0.25) is 5.02 Å². The SMILES string of the molecule is Clc1ccc(-c2cc(N3CCCC3)c3ccccc3n2)cc1.O.O.O. The highest BCUT2D eigenvalue weighted by Crippen LogP contribution is 2.33. The molecule has 0 atom stereocenters. The third-order valence-corrected chi connectivity index (χ3v) is 4.53. The lowest BCUT2D eigenvalue weighted by molar-refractivity contribution is 0.823. The quantitative estimate of drug-likeness (QED) is 0.698. The molecule has 0 unspecified atom stereocenters. The molecule has 0 amide bonds. The number of anilines is 1. The van der Waals surface area contributed by atoms with Gasteiger partial charge in [0.25, 0.3) is 0 Å². The van der Waals surface area contributed by atoms with Gasteiger partial charge in [-0.2, -0.15) is 0 Å². The molecule has 1 fully saturated rings. The van der Waals surface area contributed by atoms with Gasteiger partial charge in [-0.25, -0.2) is 4.98 Å². The smallest absolute Gasteiger partial charge is 0.0730 e. The van der Waals surface area contributed by atoms with Crippen LogP contribution >= 0.6 is 11.6 Å². The van der Waals surface area contributed by atoms with Crippen LogP contribution in [0.3, 0.4) is 0 Å². The Morgan fingerprint density at radius 3 is 2.16 bits per heavy atom. The Morgan fingerprint density at radius 1 is 0.840 bits per heavy atom. The summed E-state index contributed by atoms with van der Waals surface area (Å²) in [5.41, 5.74) is 4.47. The van der Waals surface area contributed by atoms with Crippen molar-refractivity contribution in [2.45, 2.75) is 12.8 Å². The van der Waals surface area contributed by atoms with Crippen molar-refractivity contribution >= 4 is 28.2 Å². The summed E-state index contributed by atoms with van der Waals surface area (Å²) in [6.45, 7) is 2.27. The normalized spacial score (nSPS) is 12.9. The molecule has 0 saturated carbocycles. The Hall–Kier alpha value is -2.18. The summed E-state index contributed by atoms with van der Waals surface area (Å²) in [5, 5.41) is 1.99. The first kappa shape index (κ1) is 20.9. The second-order valence-corrected chi connectivity index (χ2v) is 6.18. The fraction of sp³-hybridized carbons (Fsp3) is 0.211. The van der Waals surface area contributed by atoms with Crippen molar-refractivity contribution in [1.29, 1.82) is 0 Å². The van der Waals surface area contributed by atoms with Crippen LogP contribution in [0, 0.1) is 0 Å². The Kier molecular flexibility index (Phi) is 7.33. The Morgan fingerprint density at radius 2 is 1.48 bits per heavy atom. The molecule has 5 nitrogen and oxygen atoms in total. The van der Waals surface area contributed by atoms with Gasteiger partial charge >= 0.3 is 0 Å². The number of benzene rings is 2. The maximum atomic E-state index is 6.00. The molecule has 1 saturated heterocycles. The molecular formula is C19H23ClN2O3. The van der Waals surface area contributed by atoms with E-state index in [1.807, 2.05) is 24.3 Å². The molecule has 3 aromatic rings. The molecule has 25 heavy (non-hydrogen) atoms. The zero-order valence-corrected chi connectivity index (χ0v) is 14.6. The van der Waals surface area contributed by atoms with E-state index < -0.39 is 0 Å². The van der Waals surface area contributed by atoms with Crippen molar-refractivity contribution in [3.05, 3.63) is 59.6 Å². The molecule has 2 heterocycles. The summed E-state index contributed by atoms with van der Waals surface area (Å²) in [7, 11) is 0. The Bertz CT molecular complexity index is 819. The van der Waals surface area contributed by atoms with Gasteiger partial charge < -0.3 is 21.3 Å². The lowest BCUT2D eigenvalue weighted by atomic mass is 10.1. The first-order valence-corrected chi connectivity index (χ1v) is 8.10. The molecule has 0 bridgehead atoms. The molecule has 1 aromatic heterocycles. The van der Waals surface area contributed by atoms with Crippen molar-refractivity contribution in [3.8, 4) is 11.3 Å². The third-order valence-electron chi connectivity index (χ3n) is 4.28. The van der Waals surface area contributed by atoms with E-state index >= 15 is 0 Å². The topological polar surface area (TPSA) is 111 Å². The fourth-order valence-electron chi connectivity index (χ4n) is 3.15. The minimum absolute atomic E-state index is 0. The predicted molar refractivity (Wildman–Crippen MR) is 104 cm³/mol. The number of hydrogen-bond acceptors (Lipinski definition) is 2. The monoisotopic (exact) mass is 362 g/mol. The summed E-state index contributed by atoms with van der Waals surface area (Å²) < 4.78 is 0. The second kappa shape index (κ2) is 8.78. The predicted octanol–water partition coefficient (Wildman–Crippen LogP) is 2.68. The van der Waals surface area contributed by atoms with Crippen molar-refractivity contribution in [3.63, 3.8) is 0 Å². The Balaban J connectivity index is 0.00000104. The van der Waals surface area contributed by atoms with Gasteiger partial charge in [0.15, 0.2) is 0 Å². The van der Waals surface area contributed by atoms with E-state index in [4.69, 9.17) is 16.6 Å². The number of pyridine rings is 1. The minimum atomic E-state index is 0. The van der Waals surface area contributed by atoms with Gasteiger partial charge in [0, 0.05) is 34.7 Å². The van der Waals surface area contributed by atoms with Gasteiger partial charge in [-0.15, -0.1) is 0 Å². The van der Waals surface area contributed by atoms with Gasteiger partial charge in [-0.3, -0.25) is 0 Å². The van der Waals surface area contributed by atoms with Gasteiger partial charge in [0.05, 0.1) is 11.2 Å². The third kappa shape index (κ3) is 4.08. The van der Waals surface area contributed by atoms with E-state index in [2.05, 4.69) is 35.2 Å². The van der Waals surface area contributed by atoms with E-state index in [-0.39, 0.29) is 16.4 Å². The largest absolute Gasteiger partial charge is 0.412 e. The van der Waals surface area contributed by atoms with E-state index in [0.29, 0.717) is 0 Å². The summed E-state index contributed by atoms with van der Waals surface area (Å²) in [6.07, 6.45) is 2.54. The minimum Gasteiger partial charge on any atom is -0.412 e. The van der Waals surface area contributed by atoms with E-state index in [1.54, 1.807) is 0 Å². The molecule has 2 aromatic carbocycles. The van der Waals surface area contributed by atoms with E-state index in [9.17, 15) is 0 Å². The van der Waals surface area contributed by atoms with Gasteiger partial charge in [-0.05, 0) is 37.1 Å². The van der Waals surface area contributed by atoms with Gasteiger partial charge in [0.2, 0.25) is 0 Å². The number of hydrogen-bond donors (Lipinski definition) is 0. The number of fused-ring (bicyclic) bond motifs is 1. The summed E-state index contributed by atoms with van der Waals surface area (Å²) in [6, 6.07) is 18.5. The molecule has 0 spiro atoms. The molecule has 0 radical (unpaired) electrons. The molecule has 1 aliphatic rings. The first-order chi connectivity index (χ1) is 10.8. The van der Waals surface area contributed by atoms with Crippen LogP contribution in [-0.4, -0.2) is 34.5 Å². The Labute approximate surface area is 151 Å². The molecule has 4 rings (SSSR count). The van der Waals surface area contributed by atoms with Crippen LogP contribution < -0.4 is 4.90 Å². The zero-order chi connectivity index (χ0) is 14.9. The van der Waals surface area contributed by atoms with E-state index in [0.717, 1.165) is 34.9 Å². The van der Waals surface area contributed by atoms with Crippen LogP contribution in [0.5, 0.6) is 0 Å². The average Bonchev–Trinajstić information content (AvgIpc) is 3.09. The lowest BCUT2D eigenvalue weighted by Gasteiger charge is -2.20. The highest BCUT2D eigenvalue weighted by molar-refractivity contribution is 6.30. The second-order valence-electron chi connectivity index (χ2n) is 5.74. The number of aromatic nitrogens is 1. The number of nitrogens with zero attached hydrogens (tertiary/aromatic N) is 2. The maximum Gasteiger partial charge on any atom is 0.0730 e. The highest BCUT2D eigenvalue weighted by atomic mass is 35.5. The number of halogens is 1. The van der Waals surface area contributed by atoms with Crippen molar-refractivity contribution in [1.82, 2.24) is 4.98 Å². The summed E-state index contributed by atoms with van der Waals surface area (Å²) in [4.78, 5) is 7.31. The van der Waals surface area contributed by atoms with Crippen LogP contribution in [0.25, 0.3) is 22.2 Å². The molecule has 0 aliphatic carbocycles. The van der Waals surface area contributed by atoms with Gasteiger partial charge in [-0.1, -0.05) is 41.9 Å². The lowest BCUT2D eigenvalue weighted by Crippen LogP contribution is -2.18. The van der Waals surface area contributed by atoms with Crippen LogP contribution in [0.15, 0.2) is 54.6 Å². The number of para-hydroxylation sites is 1. The molecular weight excluding hydrogens is 340 g/mol. The standard InChI is InChI=1S/C19H17ClN2.3H2O/c20-15-9-7-14(8-10-15)18-13-19(22-11-3-4-12-22)16-5-1-2-6-17(16)21-18;;;/h1-2,5-10,13H,3-4,11-12H2;3*1H2. The van der Waals surface area contributed by atoms with Crippen molar-refractivity contribution in [2.24, 2.45) is 0 Å². The molecule has 134 valence electrons. The molecule has 1 aliphatic heterocycles. The fourth-order valence-corrected chi connectivity index (χ4v) is 3.27. The zero-order valence-electron chi connectivity index (χ0n) is 13.8. The van der Waals surface area contributed by atoms with Crippen molar-refractivity contribution < 1.29 is 16.4 Å². The molecule has 6 N–H and O–H groups in total. The van der Waals surface area contributed by atoms with Crippen LogP contribution in [0.1, 0.15) is 12.8 Å². The summed E-state index contributed by atoms with van der Waals surface area (Å²) >= 11 is 6.00. The maximum absolute atomic E-state index is 6.00. The van der Waals surface area contributed by atoms with E-state index in [1.165, 1.54) is 23.9 Å². The van der Waals surface area contributed by atoms with Gasteiger partial charge in [0.1, 0.15) is 0 Å². The highest BCUT2D eigenvalue weighted by Gasteiger charge is 2.16. The number of rotatable bonds is 2. The first-order valence-electron chi connectivity index (χ1n) is 7.72. The summed E-state index contributed by atoms with van der Waals surface area (Å²) in [5.74, 6) is 0. The van der Waals surface area contributed by atoms with Crippen molar-refractivity contribution in [2.75, 3.05) is 18.0 Å². The average molecular weight is 363 g/mol.